The van der Waals surface area contributed by atoms with E-state index in [1.165, 1.54) is 6.07 Å². The third-order valence-corrected chi connectivity index (χ3v) is 3.11. The second kappa shape index (κ2) is 5.46. The van der Waals surface area contributed by atoms with Gasteiger partial charge in [-0.25, -0.2) is 4.39 Å². The van der Waals surface area contributed by atoms with E-state index >= 15 is 0 Å². The first-order chi connectivity index (χ1) is 8.65. The fraction of sp³-hybridized carbons (Fsp3) is 0.462. The van der Waals surface area contributed by atoms with Crippen molar-refractivity contribution in [1.29, 1.82) is 0 Å². The summed E-state index contributed by atoms with van der Waals surface area (Å²) >= 11 is 0. The topological polar surface area (TPSA) is 41.6 Å². The minimum atomic E-state index is -0.413. The highest BCUT2D eigenvalue weighted by Crippen LogP contribution is 2.26. The lowest BCUT2D eigenvalue weighted by Gasteiger charge is -2.24. The van der Waals surface area contributed by atoms with Crippen LogP contribution in [0.15, 0.2) is 24.3 Å². The highest BCUT2D eigenvalue weighted by molar-refractivity contribution is 5.84. The van der Waals surface area contributed by atoms with Crippen LogP contribution in [0.2, 0.25) is 0 Å². The van der Waals surface area contributed by atoms with Crippen LogP contribution < -0.4 is 5.32 Å². The number of hydrogen-bond donors (Lipinski definition) is 1. The molecule has 1 aromatic carbocycles. The molecule has 2 unspecified atom stereocenters. The lowest BCUT2D eigenvalue weighted by Crippen LogP contribution is -2.33. The van der Waals surface area contributed by atoms with Crippen LogP contribution in [0, 0.1) is 5.82 Å². The van der Waals surface area contributed by atoms with Gasteiger partial charge in [-0.2, -0.15) is 0 Å². The summed E-state index contributed by atoms with van der Waals surface area (Å²) in [6, 6.07) is 6.20. The molecule has 2 atom stereocenters. The van der Waals surface area contributed by atoms with Crippen molar-refractivity contribution >= 4 is 5.91 Å². The third-order valence-electron chi connectivity index (χ3n) is 3.11. The summed E-state index contributed by atoms with van der Waals surface area (Å²) < 4.78 is 18.8. The first-order valence-corrected chi connectivity index (χ1v) is 5.95. The number of benzene rings is 1. The first-order valence-electron chi connectivity index (χ1n) is 5.95. The van der Waals surface area contributed by atoms with Crippen molar-refractivity contribution in [1.82, 2.24) is 10.2 Å². The van der Waals surface area contributed by atoms with E-state index in [-0.39, 0.29) is 17.8 Å². The van der Waals surface area contributed by atoms with E-state index in [1.807, 2.05) is 0 Å². The van der Waals surface area contributed by atoms with Gasteiger partial charge < -0.3 is 9.64 Å². The average molecular weight is 252 g/mol. The summed E-state index contributed by atoms with van der Waals surface area (Å²) in [7, 11) is 1.58. The Balaban J connectivity index is 2.25. The Morgan fingerprint density at radius 2 is 2.17 bits per heavy atom. The lowest BCUT2D eigenvalue weighted by atomic mass is 10.1. The van der Waals surface area contributed by atoms with Crippen LogP contribution in [0.3, 0.4) is 0 Å². The minimum Gasteiger partial charge on any atom is -0.383 e. The maximum absolute atomic E-state index is 13.8. The summed E-state index contributed by atoms with van der Waals surface area (Å²) in [5.74, 6) is -0.334. The zero-order valence-corrected chi connectivity index (χ0v) is 10.5. The van der Waals surface area contributed by atoms with Crippen LogP contribution in [0.25, 0.3) is 0 Å². The molecule has 1 amide bonds. The highest BCUT2D eigenvalue weighted by atomic mass is 19.1. The maximum atomic E-state index is 13.8. The molecule has 4 nitrogen and oxygen atoms in total. The number of ether oxygens (including phenoxy) is 1. The Kier molecular flexibility index (Phi) is 3.93. The Morgan fingerprint density at radius 3 is 2.83 bits per heavy atom. The summed E-state index contributed by atoms with van der Waals surface area (Å²) in [6.45, 7) is 2.67. The van der Waals surface area contributed by atoms with Crippen LogP contribution >= 0.6 is 0 Å². The van der Waals surface area contributed by atoms with Crippen LogP contribution in [0.4, 0.5) is 4.39 Å². The van der Waals surface area contributed by atoms with Crippen molar-refractivity contribution in [3.05, 3.63) is 35.6 Å². The number of nitrogens with zero attached hydrogens (tertiary/aromatic N) is 1. The van der Waals surface area contributed by atoms with Gasteiger partial charge in [-0.15, -0.1) is 0 Å². The standard InChI is InChI=1S/C13H17FN2O2/c1-9-13(17)16(7-8-18-2)12(15-9)10-5-3-4-6-11(10)14/h3-6,9,12,15H,7-8H2,1-2H3. The van der Waals surface area contributed by atoms with E-state index in [4.69, 9.17) is 4.74 Å². The largest absolute Gasteiger partial charge is 0.383 e. The van der Waals surface area contributed by atoms with Crippen molar-refractivity contribution in [3.8, 4) is 0 Å². The third kappa shape index (κ3) is 2.37. The molecule has 1 aliphatic rings. The van der Waals surface area contributed by atoms with E-state index in [0.717, 1.165) is 0 Å². The van der Waals surface area contributed by atoms with Gasteiger partial charge in [0.15, 0.2) is 0 Å². The van der Waals surface area contributed by atoms with E-state index in [2.05, 4.69) is 5.32 Å². The smallest absolute Gasteiger partial charge is 0.241 e. The summed E-state index contributed by atoms with van der Waals surface area (Å²) in [6.07, 6.45) is -0.413. The van der Waals surface area contributed by atoms with Gasteiger partial charge in [0.05, 0.1) is 12.6 Å². The highest BCUT2D eigenvalue weighted by Gasteiger charge is 2.37. The fourth-order valence-electron chi connectivity index (χ4n) is 2.16. The van der Waals surface area contributed by atoms with Crippen LogP contribution in [-0.2, 0) is 9.53 Å². The molecule has 1 heterocycles. The number of halogens is 1. The van der Waals surface area contributed by atoms with Gasteiger partial charge in [0, 0.05) is 19.2 Å². The zero-order valence-electron chi connectivity index (χ0n) is 10.5. The number of nitrogens with one attached hydrogen (secondary N) is 1. The second-order valence-corrected chi connectivity index (χ2v) is 4.34. The fourth-order valence-corrected chi connectivity index (χ4v) is 2.16. The van der Waals surface area contributed by atoms with Crippen molar-refractivity contribution in [2.75, 3.05) is 20.3 Å². The molecule has 5 heteroatoms. The molecule has 0 spiro atoms. The van der Waals surface area contributed by atoms with Crippen molar-refractivity contribution in [2.45, 2.75) is 19.1 Å². The van der Waals surface area contributed by atoms with E-state index in [1.54, 1.807) is 37.1 Å². The number of amides is 1. The quantitative estimate of drug-likeness (QED) is 0.878. The minimum absolute atomic E-state index is 0.0275. The SMILES string of the molecule is COCCN1C(=O)C(C)NC1c1ccccc1F. The molecule has 0 aromatic heterocycles. The molecule has 0 aliphatic carbocycles. The predicted molar refractivity (Wildman–Crippen MR) is 65.3 cm³/mol. The molecule has 1 aromatic rings. The molecular weight excluding hydrogens is 235 g/mol. The normalized spacial score (nSPS) is 23.7. The molecule has 2 rings (SSSR count). The van der Waals surface area contributed by atoms with Crippen molar-refractivity contribution < 1.29 is 13.9 Å². The lowest BCUT2D eigenvalue weighted by molar-refractivity contribution is -0.130. The van der Waals surface area contributed by atoms with Crippen molar-refractivity contribution in [3.63, 3.8) is 0 Å². The molecule has 1 N–H and O–H groups in total. The Bertz CT molecular complexity index is 439. The predicted octanol–water partition coefficient (Wildman–Crippen LogP) is 1.29. The van der Waals surface area contributed by atoms with Gasteiger partial charge in [-0.05, 0) is 13.0 Å². The Labute approximate surface area is 106 Å². The molecule has 0 saturated carbocycles. The number of hydrogen-bond acceptors (Lipinski definition) is 3. The van der Waals surface area contributed by atoms with Gasteiger partial charge in [-0.1, -0.05) is 18.2 Å². The van der Waals surface area contributed by atoms with Crippen LogP contribution in [-0.4, -0.2) is 37.1 Å². The second-order valence-electron chi connectivity index (χ2n) is 4.34. The monoisotopic (exact) mass is 252 g/mol. The van der Waals surface area contributed by atoms with Crippen molar-refractivity contribution in [2.24, 2.45) is 0 Å². The van der Waals surface area contributed by atoms with Gasteiger partial charge in [-0.3, -0.25) is 10.1 Å². The molecule has 1 fully saturated rings. The Morgan fingerprint density at radius 1 is 1.44 bits per heavy atom. The summed E-state index contributed by atoms with van der Waals surface area (Å²) in [4.78, 5) is 13.6. The first kappa shape index (κ1) is 13.0. The van der Waals surface area contributed by atoms with E-state index in [9.17, 15) is 9.18 Å². The van der Waals surface area contributed by atoms with Gasteiger partial charge >= 0.3 is 0 Å². The number of carbonyl (C=O) groups is 1. The summed E-state index contributed by atoms with van der Waals surface area (Å²) in [5, 5.41) is 3.10. The molecule has 18 heavy (non-hydrogen) atoms. The van der Waals surface area contributed by atoms with Gasteiger partial charge in [0.2, 0.25) is 5.91 Å². The number of methoxy groups -OCH3 is 1. The zero-order chi connectivity index (χ0) is 13.1. The molecule has 1 saturated heterocycles. The van der Waals surface area contributed by atoms with E-state index in [0.29, 0.717) is 18.7 Å². The van der Waals surface area contributed by atoms with Crippen LogP contribution in [0.5, 0.6) is 0 Å². The van der Waals surface area contributed by atoms with Gasteiger partial charge in [0.1, 0.15) is 12.0 Å². The van der Waals surface area contributed by atoms with E-state index < -0.39 is 6.17 Å². The van der Waals surface area contributed by atoms with Crippen LogP contribution in [0.1, 0.15) is 18.7 Å². The average Bonchev–Trinajstić information content (AvgIpc) is 2.64. The molecule has 0 bridgehead atoms. The number of carbonyl (C=O) groups excluding carboxylic acids is 1. The number of rotatable bonds is 4. The maximum Gasteiger partial charge on any atom is 0.241 e. The molecule has 1 aliphatic heterocycles. The molecule has 98 valence electrons. The van der Waals surface area contributed by atoms with Gasteiger partial charge in [0.25, 0.3) is 0 Å². The summed E-state index contributed by atoms with van der Waals surface area (Å²) in [5.41, 5.74) is 0.492. The Hall–Kier alpha value is -1.46. The molecule has 0 radical (unpaired) electrons. The molecular formula is C13H17FN2O2.